The first kappa shape index (κ1) is 14.2. The number of hydrogen-bond donors (Lipinski definition) is 2. The van der Waals surface area contributed by atoms with Crippen LogP contribution in [0.1, 0.15) is 25.3 Å². The number of nitrogens with two attached hydrogens (primary N) is 1. The second-order valence-electron chi connectivity index (χ2n) is 5.69. The lowest BCUT2D eigenvalue weighted by molar-refractivity contribution is 0.0315. The summed E-state index contributed by atoms with van der Waals surface area (Å²) in [6.07, 6.45) is 2.18. The molecule has 1 fully saturated rings. The Morgan fingerprint density at radius 3 is 3.00 bits per heavy atom. The number of para-hydroxylation sites is 1. The maximum atomic E-state index is 5.84. The van der Waals surface area contributed by atoms with Gasteiger partial charge in [-0.15, -0.1) is 0 Å². The minimum absolute atomic E-state index is 0.114. The van der Waals surface area contributed by atoms with Crippen LogP contribution in [-0.4, -0.2) is 28.7 Å². The van der Waals surface area contributed by atoms with Crippen LogP contribution in [0, 0.1) is 0 Å². The van der Waals surface area contributed by atoms with E-state index in [0.29, 0.717) is 4.99 Å². The molecule has 1 unspecified atom stereocenters. The van der Waals surface area contributed by atoms with Crippen molar-refractivity contribution in [2.45, 2.75) is 25.4 Å². The van der Waals surface area contributed by atoms with E-state index in [0.717, 1.165) is 48.3 Å². The third kappa shape index (κ3) is 2.99. The monoisotopic (exact) mass is 301 g/mol. The molecule has 3 rings (SSSR count). The molecule has 0 spiro atoms. The Kier molecular flexibility index (Phi) is 3.78. The number of nitrogens with zero attached hydrogens (tertiary/aromatic N) is 1. The maximum Gasteiger partial charge on any atom is 0.127 e. The second kappa shape index (κ2) is 5.58. The smallest absolute Gasteiger partial charge is 0.127 e. The quantitative estimate of drug-likeness (QED) is 0.850. The van der Waals surface area contributed by atoms with E-state index in [1.54, 1.807) is 0 Å². The molecule has 1 saturated heterocycles. The van der Waals surface area contributed by atoms with Gasteiger partial charge in [-0.3, -0.25) is 0 Å². The van der Waals surface area contributed by atoms with E-state index in [1.165, 1.54) is 0 Å². The van der Waals surface area contributed by atoms with Gasteiger partial charge in [0.15, 0.2) is 0 Å². The van der Waals surface area contributed by atoms with Crippen LogP contribution in [0.2, 0.25) is 0 Å². The van der Waals surface area contributed by atoms with Crippen molar-refractivity contribution in [1.29, 1.82) is 0 Å². The summed E-state index contributed by atoms with van der Waals surface area (Å²) in [4.78, 5) is 5.02. The Labute approximate surface area is 129 Å². The van der Waals surface area contributed by atoms with E-state index < -0.39 is 0 Å². The maximum absolute atomic E-state index is 5.84. The Hall–Kier alpha value is -1.72. The number of hydrogen-bond acceptors (Lipinski definition) is 4. The average Bonchev–Trinajstić information content (AvgIpc) is 2.91. The summed E-state index contributed by atoms with van der Waals surface area (Å²) < 4.78 is 5.79. The molecule has 3 N–H and O–H groups in total. The molecular weight excluding hydrogens is 282 g/mol. The van der Waals surface area contributed by atoms with E-state index in [9.17, 15) is 0 Å². The lowest BCUT2D eigenvalue weighted by Crippen LogP contribution is -2.32. The number of thiocarbonyl (C=S) groups is 1. The lowest BCUT2D eigenvalue weighted by atomic mass is 10.0. The van der Waals surface area contributed by atoms with Gasteiger partial charge in [0.1, 0.15) is 10.8 Å². The third-order valence-corrected chi connectivity index (χ3v) is 4.15. The number of anilines is 1. The Balaban J connectivity index is 1.90. The van der Waals surface area contributed by atoms with E-state index in [4.69, 9.17) is 22.7 Å². The van der Waals surface area contributed by atoms with Gasteiger partial charge >= 0.3 is 0 Å². The highest BCUT2D eigenvalue weighted by Crippen LogP contribution is 2.26. The normalized spacial score (nSPS) is 21.6. The van der Waals surface area contributed by atoms with Crippen LogP contribution in [0.15, 0.2) is 30.3 Å². The zero-order valence-corrected chi connectivity index (χ0v) is 12.9. The topological polar surface area (TPSA) is 60.2 Å². The van der Waals surface area contributed by atoms with Crippen LogP contribution in [0.25, 0.3) is 10.9 Å². The number of benzene rings is 1. The Bertz CT molecular complexity index is 680. The predicted molar refractivity (Wildman–Crippen MR) is 89.7 cm³/mol. The summed E-state index contributed by atoms with van der Waals surface area (Å²) in [6, 6.07) is 9.80. The zero-order chi connectivity index (χ0) is 14.9. The fraction of sp³-hybridized carbons (Fsp3) is 0.375. The summed E-state index contributed by atoms with van der Waals surface area (Å²) >= 11 is 5.16. The van der Waals surface area contributed by atoms with Crippen molar-refractivity contribution in [2.24, 2.45) is 5.73 Å². The van der Waals surface area contributed by atoms with Gasteiger partial charge in [0, 0.05) is 24.1 Å². The number of pyridine rings is 1. The number of fused-ring (bicyclic) bond motifs is 1. The summed E-state index contributed by atoms with van der Waals surface area (Å²) in [5.41, 5.74) is 7.48. The number of aromatic nitrogens is 1. The molecule has 1 aliphatic heterocycles. The first-order valence-electron chi connectivity index (χ1n) is 7.15. The fourth-order valence-corrected chi connectivity index (χ4v) is 2.89. The minimum Gasteiger partial charge on any atom is -0.389 e. The average molecular weight is 301 g/mol. The second-order valence-corrected chi connectivity index (χ2v) is 6.13. The number of nitrogens with one attached hydrogen (secondary N) is 1. The molecule has 21 heavy (non-hydrogen) atoms. The van der Waals surface area contributed by atoms with Crippen molar-refractivity contribution in [2.75, 3.05) is 18.5 Å². The molecule has 1 aliphatic rings. The molecule has 4 nitrogen and oxygen atoms in total. The molecule has 1 aromatic carbocycles. The van der Waals surface area contributed by atoms with Gasteiger partial charge < -0.3 is 15.8 Å². The van der Waals surface area contributed by atoms with E-state index >= 15 is 0 Å². The van der Waals surface area contributed by atoms with Gasteiger partial charge in [-0.25, -0.2) is 4.98 Å². The van der Waals surface area contributed by atoms with Gasteiger partial charge in [-0.05, 0) is 31.9 Å². The zero-order valence-electron chi connectivity index (χ0n) is 12.1. The van der Waals surface area contributed by atoms with Gasteiger partial charge in [0.25, 0.3) is 0 Å². The molecule has 0 aliphatic carbocycles. The molecule has 2 heterocycles. The third-order valence-electron chi connectivity index (χ3n) is 3.93. The van der Waals surface area contributed by atoms with Crippen LogP contribution in [-0.2, 0) is 4.74 Å². The summed E-state index contributed by atoms with van der Waals surface area (Å²) in [7, 11) is 0. The SMILES string of the molecule is CC1(CNc2cc(C(N)=S)c3ccccc3n2)CCCO1. The molecule has 1 aromatic heterocycles. The van der Waals surface area contributed by atoms with Gasteiger partial charge in [-0.2, -0.15) is 0 Å². The highest BCUT2D eigenvalue weighted by molar-refractivity contribution is 7.80. The first-order chi connectivity index (χ1) is 10.1. The molecule has 110 valence electrons. The predicted octanol–water partition coefficient (Wildman–Crippen LogP) is 2.85. The summed E-state index contributed by atoms with van der Waals surface area (Å²) in [5.74, 6) is 0.785. The largest absolute Gasteiger partial charge is 0.389 e. The first-order valence-corrected chi connectivity index (χ1v) is 7.56. The van der Waals surface area contributed by atoms with Crippen LogP contribution in [0.3, 0.4) is 0 Å². The molecular formula is C16H19N3OS. The van der Waals surface area contributed by atoms with E-state index in [1.807, 2.05) is 30.3 Å². The molecule has 0 saturated carbocycles. The molecule has 0 bridgehead atoms. The standard InChI is InChI=1S/C16H19N3OS/c1-16(7-4-8-20-16)10-18-14-9-12(15(17)21)11-5-2-3-6-13(11)19-14/h2-3,5-6,9H,4,7-8,10H2,1H3,(H2,17,21)(H,18,19). The van der Waals surface area contributed by atoms with Crippen LogP contribution in [0.5, 0.6) is 0 Å². The van der Waals surface area contributed by atoms with Crippen LogP contribution < -0.4 is 11.1 Å². The lowest BCUT2D eigenvalue weighted by Gasteiger charge is -2.24. The van der Waals surface area contributed by atoms with Crippen molar-refractivity contribution in [3.05, 3.63) is 35.9 Å². The van der Waals surface area contributed by atoms with Crippen molar-refractivity contribution in [1.82, 2.24) is 4.98 Å². The molecule has 0 radical (unpaired) electrons. The van der Waals surface area contributed by atoms with Crippen molar-refractivity contribution >= 4 is 33.9 Å². The number of ether oxygens (including phenoxy) is 1. The van der Waals surface area contributed by atoms with Crippen LogP contribution in [0.4, 0.5) is 5.82 Å². The number of rotatable bonds is 4. The molecule has 5 heteroatoms. The molecule has 2 aromatic rings. The van der Waals surface area contributed by atoms with E-state index in [-0.39, 0.29) is 5.60 Å². The summed E-state index contributed by atoms with van der Waals surface area (Å²) in [5, 5.41) is 4.35. The van der Waals surface area contributed by atoms with Crippen LogP contribution >= 0.6 is 12.2 Å². The molecule has 0 amide bonds. The highest BCUT2D eigenvalue weighted by Gasteiger charge is 2.29. The Morgan fingerprint density at radius 1 is 1.48 bits per heavy atom. The Morgan fingerprint density at radius 2 is 2.29 bits per heavy atom. The molecule has 1 atom stereocenters. The highest BCUT2D eigenvalue weighted by atomic mass is 32.1. The van der Waals surface area contributed by atoms with Crippen molar-refractivity contribution in [3.63, 3.8) is 0 Å². The fourth-order valence-electron chi connectivity index (χ4n) is 2.72. The van der Waals surface area contributed by atoms with Crippen molar-refractivity contribution in [3.8, 4) is 0 Å². The summed E-state index contributed by atoms with van der Waals surface area (Å²) in [6.45, 7) is 3.69. The van der Waals surface area contributed by atoms with Gasteiger partial charge in [-0.1, -0.05) is 30.4 Å². The van der Waals surface area contributed by atoms with E-state index in [2.05, 4.69) is 17.2 Å². The minimum atomic E-state index is -0.114. The van der Waals surface area contributed by atoms with Gasteiger partial charge in [0.2, 0.25) is 0 Å². The van der Waals surface area contributed by atoms with Crippen molar-refractivity contribution < 1.29 is 4.74 Å². The van der Waals surface area contributed by atoms with Gasteiger partial charge in [0.05, 0.1) is 11.1 Å².